The summed E-state index contributed by atoms with van der Waals surface area (Å²) in [5, 5.41) is 34.0. The number of hydrogen-bond donors (Lipinski definition) is 2. The average molecular weight is 789 g/mol. The number of hydrogen-bond acceptors (Lipinski definition) is 11. The van der Waals surface area contributed by atoms with Gasteiger partial charge in [-0.15, -0.1) is 0 Å². The number of rotatable bonds is 6. The van der Waals surface area contributed by atoms with Crippen molar-refractivity contribution in [2.75, 3.05) is 11.9 Å². The number of fused-ring (bicyclic) bond motifs is 1. The average Bonchev–Trinajstić information content (AvgIpc) is 3.04. The lowest BCUT2D eigenvalue weighted by Gasteiger charge is -2.08. The quantitative estimate of drug-likeness (QED) is 0.0946. The summed E-state index contributed by atoms with van der Waals surface area (Å²) in [6, 6.07) is 15.3. The Morgan fingerprint density at radius 3 is 1.98 bits per heavy atom. The van der Waals surface area contributed by atoms with Crippen molar-refractivity contribution in [2.45, 2.75) is 6.92 Å². The van der Waals surface area contributed by atoms with E-state index in [0.29, 0.717) is 16.2 Å². The first-order chi connectivity index (χ1) is 23.5. The highest BCUT2D eigenvalue weighted by atomic mass is 35.5. The minimum Gasteiger partial charge on any atom is -0.507 e. The molecule has 20 heteroatoms. The zero-order valence-corrected chi connectivity index (χ0v) is 28.7. The third kappa shape index (κ3) is 10.2. The van der Waals surface area contributed by atoms with Crippen LogP contribution in [0.5, 0.6) is 5.75 Å². The topological polar surface area (TPSA) is 214 Å². The van der Waals surface area contributed by atoms with Gasteiger partial charge in [0.2, 0.25) is 0 Å². The predicted octanol–water partition coefficient (Wildman–Crippen LogP) is 8.40. The highest BCUT2D eigenvalue weighted by Crippen LogP contribution is 2.29. The van der Waals surface area contributed by atoms with Crippen molar-refractivity contribution in [1.29, 1.82) is 0 Å². The number of halogens is 5. The van der Waals surface area contributed by atoms with Crippen LogP contribution in [0.3, 0.4) is 0 Å². The van der Waals surface area contributed by atoms with Crippen molar-refractivity contribution < 1.29 is 33.7 Å². The number of phenolic OH excluding ortho intramolecular Hbond substituents is 1. The van der Waals surface area contributed by atoms with Crippen LogP contribution in [-0.2, 0) is 4.74 Å². The van der Waals surface area contributed by atoms with E-state index in [1.165, 1.54) is 54.6 Å². The molecule has 5 aromatic rings. The molecule has 0 saturated heterocycles. The summed E-state index contributed by atoms with van der Waals surface area (Å²) >= 11 is 28.2. The Bertz CT molecular complexity index is 2240. The molecule has 5 rings (SSSR count). The number of phenols is 1. The first-order valence-corrected chi connectivity index (χ1v) is 15.3. The van der Waals surface area contributed by atoms with E-state index in [9.17, 15) is 44.5 Å². The molecule has 0 atom stereocenters. The van der Waals surface area contributed by atoms with Crippen molar-refractivity contribution in [3.63, 3.8) is 0 Å². The molecule has 2 N–H and O–H groups in total. The van der Waals surface area contributed by atoms with Gasteiger partial charge in [-0.3, -0.25) is 29.8 Å². The fourth-order valence-electron chi connectivity index (χ4n) is 3.81. The maximum atomic E-state index is 12.5. The fraction of sp³-hybridized carbons (Fsp3) is 0.0667. The number of amides is 1. The molecule has 0 bridgehead atoms. The third-order valence-electron chi connectivity index (χ3n) is 6.01. The molecule has 0 spiro atoms. The largest absolute Gasteiger partial charge is 0.507 e. The minimum atomic E-state index is -0.958. The van der Waals surface area contributed by atoms with Crippen molar-refractivity contribution >= 4 is 97.4 Å². The summed E-state index contributed by atoms with van der Waals surface area (Å²) in [6.07, 6.45) is 0. The number of nitro benzene ring substituents is 2. The third-order valence-corrected chi connectivity index (χ3v) is 7.21. The highest BCUT2D eigenvalue weighted by Gasteiger charge is 2.18. The summed E-state index contributed by atoms with van der Waals surface area (Å²) in [5.41, 5.74) is -1.66. The Hall–Kier alpha value is -5.19. The predicted molar refractivity (Wildman–Crippen MR) is 187 cm³/mol. The van der Waals surface area contributed by atoms with Gasteiger partial charge in [0.15, 0.2) is 0 Å². The van der Waals surface area contributed by atoms with Gasteiger partial charge in [0.05, 0.1) is 48.8 Å². The Kier molecular flexibility index (Phi) is 13.7. The van der Waals surface area contributed by atoms with Crippen LogP contribution in [0, 0.1) is 20.2 Å². The molecule has 1 heterocycles. The molecule has 4 aromatic carbocycles. The van der Waals surface area contributed by atoms with Crippen molar-refractivity contribution in [3.05, 3.63) is 140 Å². The van der Waals surface area contributed by atoms with E-state index in [1.807, 2.05) is 0 Å². The molecule has 0 saturated carbocycles. The van der Waals surface area contributed by atoms with Crippen molar-refractivity contribution in [1.82, 2.24) is 4.57 Å². The van der Waals surface area contributed by atoms with Crippen LogP contribution in [0.25, 0.3) is 16.7 Å². The van der Waals surface area contributed by atoms with E-state index < -0.39 is 32.5 Å². The van der Waals surface area contributed by atoms with Gasteiger partial charge in [-0.05, 0) is 55.5 Å². The van der Waals surface area contributed by atoms with E-state index in [1.54, 1.807) is 6.92 Å². The smallest absolute Gasteiger partial charge is 0.427 e. The van der Waals surface area contributed by atoms with E-state index in [4.69, 9.17) is 62.4 Å². The Morgan fingerprint density at radius 2 is 1.44 bits per heavy atom. The standard InChI is InChI=1S/C14H6Cl2N2O5.C13H8Cl2N2O4.C3H5ClO2/c15-7-1-4-12-9(5-7)13(19)17(14(20)23-12)11-3-2-8(18(21)22)6-10(11)16;14-7-1-4-12(18)9(5-7)13(19)16-11-3-2-8(17(20)21)6-10(11)15;1-2-6-3(4)5/h1-6H;1-6,18H,(H,16,19);2H2,1H3. The molecule has 0 aliphatic rings. The van der Waals surface area contributed by atoms with Gasteiger partial charge >= 0.3 is 11.2 Å². The van der Waals surface area contributed by atoms with Crippen LogP contribution >= 0.6 is 58.0 Å². The van der Waals surface area contributed by atoms with E-state index in [-0.39, 0.29) is 60.1 Å². The molecule has 0 fully saturated rings. The molecular formula is C30H19Cl5N4O11. The molecule has 1 aromatic heterocycles. The number of non-ortho nitro benzene ring substituents is 2. The first-order valence-electron chi connectivity index (χ1n) is 13.4. The summed E-state index contributed by atoms with van der Waals surface area (Å²) in [5.74, 6) is -1.83. The SMILES string of the molecule is CCOC(=O)Cl.O=C(Nc1ccc([N+](=O)[O-])cc1Cl)c1cc(Cl)ccc1O.O=c1oc2ccc(Cl)cc2c(=O)n1-c1ccc([N+](=O)[O-])cc1Cl. The second-order valence-corrected chi connectivity index (χ2v) is 11.2. The second kappa shape index (κ2) is 17.5. The maximum Gasteiger partial charge on any atom is 0.427 e. The van der Waals surface area contributed by atoms with Crippen LogP contribution < -0.4 is 16.6 Å². The normalized spacial score (nSPS) is 10.2. The maximum absolute atomic E-state index is 12.5. The number of aromatic hydroxyl groups is 1. The number of carbonyl (C=O) groups is 2. The number of carbonyl (C=O) groups excluding carboxylic acids is 2. The molecule has 0 radical (unpaired) electrons. The number of anilines is 1. The minimum absolute atomic E-state index is 0.0130. The van der Waals surface area contributed by atoms with Gasteiger partial charge in [0.1, 0.15) is 11.3 Å². The molecule has 0 aliphatic heterocycles. The molecule has 0 aliphatic carbocycles. The monoisotopic (exact) mass is 786 g/mol. The van der Waals surface area contributed by atoms with Crippen LogP contribution in [0.2, 0.25) is 20.1 Å². The summed E-state index contributed by atoms with van der Waals surface area (Å²) < 4.78 is 9.94. The van der Waals surface area contributed by atoms with E-state index in [2.05, 4.69) is 10.1 Å². The Labute approximate surface area is 304 Å². The number of nitrogens with zero attached hydrogens (tertiary/aromatic N) is 3. The Morgan fingerprint density at radius 1 is 0.860 bits per heavy atom. The van der Waals surface area contributed by atoms with E-state index >= 15 is 0 Å². The fourth-order valence-corrected chi connectivity index (χ4v) is 4.75. The zero-order chi connectivity index (χ0) is 37.3. The molecule has 1 amide bonds. The molecule has 50 heavy (non-hydrogen) atoms. The van der Waals surface area contributed by atoms with Gasteiger partial charge in [-0.25, -0.2) is 14.2 Å². The lowest BCUT2D eigenvalue weighted by Crippen LogP contribution is -2.31. The number of nitrogens with one attached hydrogen (secondary N) is 1. The van der Waals surface area contributed by atoms with Crippen LogP contribution in [0.15, 0.2) is 86.8 Å². The van der Waals surface area contributed by atoms with Gasteiger partial charge in [-0.2, -0.15) is 0 Å². The Balaban J connectivity index is 0.000000234. The number of benzene rings is 4. The zero-order valence-electron chi connectivity index (χ0n) is 24.9. The first kappa shape index (κ1) is 39.3. The van der Waals surface area contributed by atoms with Crippen LogP contribution in [0.4, 0.5) is 21.9 Å². The number of nitro groups is 2. The molecular weight excluding hydrogens is 770 g/mol. The van der Waals surface area contributed by atoms with Gasteiger partial charge in [0.25, 0.3) is 22.8 Å². The summed E-state index contributed by atoms with van der Waals surface area (Å²) in [7, 11) is 0. The highest BCUT2D eigenvalue weighted by molar-refractivity contribution is 6.61. The summed E-state index contributed by atoms with van der Waals surface area (Å²) in [4.78, 5) is 66.3. The summed E-state index contributed by atoms with van der Waals surface area (Å²) in [6.45, 7) is 2.04. The number of ether oxygens (including phenoxy) is 1. The van der Waals surface area contributed by atoms with Gasteiger partial charge < -0.3 is 19.6 Å². The number of aromatic nitrogens is 1. The second-order valence-electron chi connectivity index (χ2n) is 9.25. The lowest BCUT2D eigenvalue weighted by molar-refractivity contribution is -0.385. The van der Waals surface area contributed by atoms with Crippen molar-refractivity contribution in [2.24, 2.45) is 0 Å². The van der Waals surface area contributed by atoms with Gasteiger partial charge in [-0.1, -0.05) is 46.4 Å². The van der Waals surface area contributed by atoms with Crippen LogP contribution in [-0.4, -0.2) is 37.5 Å². The lowest BCUT2D eigenvalue weighted by atomic mass is 10.2. The van der Waals surface area contributed by atoms with Crippen molar-refractivity contribution in [3.8, 4) is 11.4 Å². The van der Waals surface area contributed by atoms with Crippen LogP contribution in [0.1, 0.15) is 17.3 Å². The van der Waals surface area contributed by atoms with Gasteiger partial charge in [0, 0.05) is 45.9 Å². The molecule has 15 nitrogen and oxygen atoms in total. The molecule has 260 valence electrons. The van der Waals surface area contributed by atoms with E-state index in [0.717, 1.165) is 18.2 Å². The molecule has 0 unspecified atom stereocenters.